The van der Waals surface area contributed by atoms with Crippen molar-refractivity contribution in [3.8, 4) is 0 Å². The second-order valence-corrected chi connectivity index (χ2v) is 13.9. The molecule has 5 aliphatic rings. The third-order valence-electron chi connectivity index (χ3n) is 12.5. The number of carbonyl (C=O) groups excluding carboxylic acids is 4. The van der Waals surface area contributed by atoms with Gasteiger partial charge in [-0.1, -0.05) is 64.2 Å². The Kier molecular flexibility index (Phi) is 6.23. The number of imide groups is 2. The van der Waals surface area contributed by atoms with E-state index >= 15 is 0 Å². The summed E-state index contributed by atoms with van der Waals surface area (Å²) in [7, 11) is 0. The third-order valence-corrected chi connectivity index (χ3v) is 12.5. The van der Waals surface area contributed by atoms with Gasteiger partial charge in [-0.3, -0.25) is 29.8 Å². The lowest BCUT2D eigenvalue weighted by atomic mass is 9.36. The van der Waals surface area contributed by atoms with Crippen molar-refractivity contribution in [1.82, 2.24) is 10.6 Å². The van der Waals surface area contributed by atoms with Crippen molar-refractivity contribution in [2.45, 2.75) is 124 Å². The number of amides is 4. The fourth-order valence-corrected chi connectivity index (χ4v) is 9.33. The minimum atomic E-state index is -0.695. The Balaban J connectivity index is 1.49. The van der Waals surface area contributed by atoms with Gasteiger partial charge in [-0.2, -0.15) is 0 Å². The van der Waals surface area contributed by atoms with Crippen molar-refractivity contribution in [3.63, 3.8) is 0 Å². The van der Waals surface area contributed by atoms with Gasteiger partial charge in [0.05, 0.1) is 21.7 Å². The van der Waals surface area contributed by atoms with Crippen LogP contribution >= 0.6 is 0 Å². The molecule has 5 fully saturated rings. The summed E-state index contributed by atoms with van der Waals surface area (Å²) >= 11 is 0. The van der Waals surface area contributed by atoms with Crippen LogP contribution in [-0.2, 0) is 19.2 Å². The lowest BCUT2D eigenvalue weighted by molar-refractivity contribution is -0.196. The Morgan fingerprint density at radius 3 is 1.44 bits per heavy atom. The molecule has 6 heteroatoms. The molecule has 3 saturated carbocycles. The van der Waals surface area contributed by atoms with Gasteiger partial charge in [0.25, 0.3) is 0 Å². The molecule has 2 N–H and O–H groups in total. The minimum Gasteiger partial charge on any atom is -0.295 e. The van der Waals surface area contributed by atoms with Gasteiger partial charge in [-0.25, -0.2) is 0 Å². The zero-order valence-electron chi connectivity index (χ0n) is 22.9. The van der Waals surface area contributed by atoms with Crippen molar-refractivity contribution in [2.75, 3.05) is 0 Å². The summed E-state index contributed by atoms with van der Waals surface area (Å²) in [6, 6.07) is 0. The molecule has 2 aliphatic heterocycles. The highest BCUT2D eigenvalue weighted by Gasteiger charge is 2.77. The van der Waals surface area contributed by atoms with E-state index < -0.39 is 21.7 Å². The molecule has 6 atom stereocenters. The average molecular weight is 499 g/mol. The van der Waals surface area contributed by atoms with E-state index in [2.05, 4.69) is 10.6 Å². The van der Waals surface area contributed by atoms with Crippen LogP contribution in [-0.4, -0.2) is 23.6 Å². The molecule has 4 amide bonds. The topological polar surface area (TPSA) is 92.3 Å². The second-order valence-electron chi connectivity index (χ2n) is 13.9. The van der Waals surface area contributed by atoms with Gasteiger partial charge in [0.2, 0.25) is 23.6 Å². The van der Waals surface area contributed by atoms with Crippen LogP contribution in [0.15, 0.2) is 0 Å². The molecule has 0 spiro atoms. The van der Waals surface area contributed by atoms with Gasteiger partial charge in [0.1, 0.15) is 0 Å². The quantitative estimate of drug-likeness (QED) is 0.507. The molecule has 0 bridgehead atoms. The Bertz CT molecular complexity index is 962. The zero-order chi connectivity index (χ0) is 26.0. The van der Waals surface area contributed by atoms with E-state index in [0.717, 1.165) is 44.9 Å². The molecule has 3 aliphatic carbocycles. The zero-order valence-corrected chi connectivity index (χ0v) is 22.9. The summed E-state index contributed by atoms with van der Waals surface area (Å²) in [5, 5.41) is 5.32. The van der Waals surface area contributed by atoms with Gasteiger partial charge in [-0.15, -0.1) is 0 Å². The van der Waals surface area contributed by atoms with Gasteiger partial charge in [-0.05, 0) is 77.0 Å². The van der Waals surface area contributed by atoms with Crippen LogP contribution in [0.5, 0.6) is 0 Å². The second kappa shape index (κ2) is 8.66. The van der Waals surface area contributed by atoms with E-state index in [1.165, 1.54) is 51.4 Å². The van der Waals surface area contributed by atoms with Crippen molar-refractivity contribution in [2.24, 2.45) is 38.9 Å². The van der Waals surface area contributed by atoms with Crippen LogP contribution in [0, 0.1) is 38.9 Å². The standard InChI is InChI=1S/C30H46N2O4/c1-26-17-20(28(26,3)24(35)31-22(26)33)18-30(15-13-11-9-7-5-6-8-10-12-14-16-30)21-19-27(2)23(34)32-25(36)29(21,27)4/h20-21H,5-19H2,1-4H3,(H,31,33,35)(H,32,34,36). The summed E-state index contributed by atoms with van der Waals surface area (Å²) in [6.45, 7) is 7.95. The molecule has 0 radical (unpaired) electrons. The molecule has 0 aromatic heterocycles. The summed E-state index contributed by atoms with van der Waals surface area (Å²) < 4.78 is 0. The minimum absolute atomic E-state index is 0.0921. The number of rotatable bonds is 3. The molecule has 200 valence electrons. The molecule has 6 nitrogen and oxygen atoms in total. The molecule has 5 rings (SSSR count). The van der Waals surface area contributed by atoms with Crippen molar-refractivity contribution in [1.29, 1.82) is 0 Å². The Labute approximate surface area is 216 Å². The summed E-state index contributed by atoms with van der Waals surface area (Å²) in [5.74, 6) is -0.215. The van der Waals surface area contributed by atoms with Crippen LogP contribution < -0.4 is 10.6 Å². The first-order valence-corrected chi connectivity index (χ1v) is 14.7. The maximum atomic E-state index is 13.3. The Morgan fingerprint density at radius 2 is 1.00 bits per heavy atom. The Morgan fingerprint density at radius 1 is 0.583 bits per heavy atom. The van der Waals surface area contributed by atoms with Gasteiger partial charge >= 0.3 is 0 Å². The molecular weight excluding hydrogens is 452 g/mol. The van der Waals surface area contributed by atoms with E-state index in [0.29, 0.717) is 0 Å². The maximum absolute atomic E-state index is 13.3. The van der Waals surface area contributed by atoms with Crippen LogP contribution in [0.25, 0.3) is 0 Å². The number of hydrogen-bond donors (Lipinski definition) is 2. The van der Waals surface area contributed by atoms with E-state index in [1.807, 2.05) is 27.7 Å². The van der Waals surface area contributed by atoms with E-state index in [9.17, 15) is 19.2 Å². The largest absolute Gasteiger partial charge is 0.295 e. The van der Waals surface area contributed by atoms with E-state index in [-0.39, 0.29) is 40.9 Å². The fourth-order valence-electron chi connectivity index (χ4n) is 9.33. The average Bonchev–Trinajstić information content (AvgIpc) is 3.06. The SMILES string of the molecule is CC12CC(CC3(C4CC5(C)C(=O)NC(=O)C45C)CCCCCCCCCCCC3)C1(C)C(=O)NC2=O. The van der Waals surface area contributed by atoms with Crippen molar-refractivity contribution < 1.29 is 19.2 Å². The van der Waals surface area contributed by atoms with Crippen LogP contribution in [0.3, 0.4) is 0 Å². The Hall–Kier alpha value is -1.72. The molecular formula is C30H46N2O4. The lowest BCUT2D eigenvalue weighted by Gasteiger charge is -2.64. The molecule has 2 heterocycles. The molecule has 6 unspecified atom stereocenters. The highest BCUT2D eigenvalue weighted by Crippen LogP contribution is 2.74. The third kappa shape index (κ3) is 3.27. The molecule has 2 saturated heterocycles. The number of carbonyl (C=O) groups is 4. The molecule has 0 aromatic rings. The monoisotopic (exact) mass is 498 g/mol. The van der Waals surface area contributed by atoms with Gasteiger partial charge < -0.3 is 0 Å². The summed E-state index contributed by atoms with van der Waals surface area (Å²) in [5.41, 5.74) is -2.73. The summed E-state index contributed by atoms with van der Waals surface area (Å²) in [4.78, 5) is 51.9. The van der Waals surface area contributed by atoms with Crippen LogP contribution in [0.1, 0.15) is 124 Å². The number of nitrogens with one attached hydrogen (secondary N) is 2. The highest BCUT2D eigenvalue weighted by atomic mass is 16.2. The first-order chi connectivity index (χ1) is 17.0. The van der Waals surface area contributed by atoms with Crippen LogP contribution in [0.2, 0.25) is 0 Å². The smallest absolute Gasteiger partial charge is 0.233 e. The first kappa shape index (κ1) is 25.9. The van der Waals surface area contributed by atoms with Gasteiger partial charge in [0.15, 0.2) is 0 Å². The maximum Gasteiger partial charge on any atom is 0.233 e. The number of fused-ring (bicyclic) bond motifs is 2. The first-order valence-electron chi connectivity index (χ1n) is 14.7. The fraction of sp³-hybridized carbons (Fsp3) is 0.867. The predicted molar refractivity (Wildman–Crippen MR) is 137 cm³/mol. The number of hydrogen-bond acceptors (Lipinski definition) is 4. The van der Waals surface area contributed by atoms with Crippen molar-refractivity contribution >= 4 is 23.6 Å². The van der Waals surface area contributed by atoms with Gasteiger partial charge in [0, 0.05) is 0 Å². The van der Waals surface area contributed by atoms with E-state index in [1.54, 1.807) is 0 Å². The normalized spacial score (nSPS) is 45.1. The highest BCUT2D eigenvalue weighted by molar-refractivity contribution is 6.11. The molecule has 36 heavy (non-hydrogen) atoms. The molecule has 0 aromatic carbocycles. The lowest BCUT2D eigenvalue weighted by Crippen LogP contribution is -2.64. The summed E-state index contributed by atoms with van der Waals surface area (Å²) in [6.07, 6.45) is 16.9. The van der Waals surface area contributed by atoms with E-state index in [4.69, 9.17) is 0 Å². The van der Waals surface area contributed by atoms with Crippen molar-refractivity contribution in [3.05, 3.63) is 0 Å². The van der Waals surface area contributed by atoms with Crippen LogP contribution in [0.4, 0.5) is 0 Å². The predicted octanol–water partition coefficient (Wildman–Crippen LogP) is 5.44.